The molecule has 0 N–H and O–H groups in total. The van der Waals surface area contributed by atoms with Crippen LogP contribution in [0.25, 0.3) is 133 Å². The smallest absolute Gasteiger partial charge is 0.160 e. The normalized spacial score (nSPS) is 11.6. The van der Waals surface area contributed by atoms with Gasteiger partial charge in [0.05, 0.1) is 11.4 Å². The van der Waals surface area contributed by atoms with E-state index in [1.54, 1.807) is 0 Å². The molecule has 0 unspecified atom stereocenters. The van der Waals surface area contributed by atoms with Crippen molar-refractivity contribution in [3.63, 3.8) is 0 Å². The van der Waals surface area contributed by atoms with Crippen molar-refractivity contribution in [1.82, 2.24) is 9.97 Å². The average Bonchev–Trinajstić information content (AvgIpc) is 3.80. The van der Waals surface area contributed by atoms with Gasteiger partial charge in [-0.15, -0.1) is 0 Å². The number of furan rings is 1. The van der Waals surface area contributed by atoms with Crippen LogP contribution in [-0.4, -0.2) is 9.97 Å². The van der Waals surface area contributed by atoms with E-state index < -0.39 is 0 Å². The van der Waals surface area contributed by atoms with Crippen LogP contribution in [0.3, 0.4) is 0 Å². The second-order valence-corrected chi connectivity index (χ2v) is 17.2. The summed E-state index contributed by atoms with van der Waals surface area (Å²) < 4.78 is 6.38. The summed E-state index contributed by atoms with van der Waals surface area (Å²) in [5.74, 6) is 0.688. The molecule has 0 saturated carbocycles. The highest BCUT2D eigenvalue weighted by molar-refractivity contribution is 6.28. The summed E-state index contributed by atoms with van der Waals surface area (Å²) in [6.07, 6.45) is 0. The first-order valence-corrected chi connectivity index (χ1v) is 22.8. The number of para-hydroxylation sites is 2. The highest BCUT2D eigenvalue weighted by Gasteiger charge is 2.19. The van der Waals surface area contributed by atoms with Gasteiger partial charge in [0.1, 0.15) is 11.2 Å². The molecule has 0 aliphatic carbocycles. The second kappa shape index (κ2) is 16.0. The van der Waals surface area contributed by atoms with Gasteiger partial charge in [-0.25, -0.2) is 9.97 Å². The van der Waals surface area contributed by atoms with E-state index in [1.165, 1.54) is 54.6 Å². The minimum Gasteiger partial charge on any atom is -0.455 e. The van der Waals surface area contributed by atoms with Crippen molar-refractivity contribution in [2.24, 2.45) is 0 Å². The van der Waals surface area contributed by atoms with Gasteiger partial charge in [0.15, 0.2) is 5.82 Å². The topological polar surface area (TPSA) is 38.9 Å². The Bertz CT molecular complexity index is 3990. The fraction of sp³-hybridized carbons (Fsp3) is 0. The molecule has 13 rings (SSSR count). The van der Waals surface area contributed by atoms with E-state index in [-0.39, 0.29) is 0 Å². The molecule has 67 heavy (non-hydrogen) atoms. The Morgan fingerprint density at radius 2 is 0.776 bits per heavy atom. The molecule has 3 heteroatoms. The number of fused-ring (bicyclic) bond motifs is 7. The average molecular weight is 853 g/mol. The molecular weight excluding hydrogens is 813 g/mol. The summed E-state index contributed by atoms with van der Waals surface area (Å²) in [7, 11) is 0. The van der Waals surface area contributed by atoms with Gasteiger partial charge in [-0.3, -0.25) is 0 Å². The standard InChI is InChI=1S/C64H40N2O/c1-3-15-47(16-4-1)60-53-21-9-10-22-54(53)61(62-50-19-8-7-14-43(50)38-39-56(60)62)48-36-28-42(29-37-48)41-26-32-45(33-27-41)57-40-58(66-64(65-57)49-17-5-2-6-18-49)46-34-30-44(31-35-46)51-23-13-24-55-52-20-11-12-25-59(52)67-63(51)55/h1-40H. The number of rotatable bonds is 7. The predicted molar refractivity (Wildman–Crippen MR) is 280 cm³/mol. The Morgan fingerprint density at radius 1 is 0.284 bits per heavy atom. The van der Waals surface area contributed by atoms with Crippen LogP contribution in [0.1, 0.15) is 0 Å². The van der Waals surface area contributed by atoms with Crippen LogP contribution < -0.4 is 0 Å². The monoisotopic (exact) mass is 852 g/mol. The van der Waals surface area contributed by atoms with Crippen molar-refractivity contribution in [3.05, 3.63) is 243 Å². The summed E-state index contributed by atoms with van der Waals surface area (Å²) >= 11 is 0. The van der Waals surface area contributed by atoms with Crippen molar-refractivity contribution in [3.8, 4) is 78.4 Å². The van der Waals surface area contributed by atoms with E-state index >= 15 is 0 Å². The molecule has 0 aliphatic rings. The first-order valence-electron chi connectivity index (χ1n) is 22.8. The zero-order chi connectivity index (χ0) is 44.3. The van der Waals surface area contributed by atoms with E-state index in [0.29, 0.717) is 5.82 Å². The van der Waals surface area contributed by atoms with E-state index in [1.807, 2.05) is 30.3 Å². The molecule has 0 aliphatic heterocycles. The van der Waals surface area contributed by atoms with Gasteiger partial charge >= 0.3 is 0 Å². The van der Waals surface area contributed by atoms with Gasteiger partial charge in [0.2, 0.25) is 0 Å². The van der Waals surface area contributed by atoms with Gasteiger partial charge in [-0.05, 0) is 83.4 Å². The molecule has 0 saturated heterocycles. The third-order valence-corrected chi connectivity index (χ3v) is 13.3. The lowest BCUT2D eigenvalue weighted by molar-refractivity contribution is 0.670. The van der Waals surface area contributed by atoms with Crippen molar-refractivity contribution in [1.29, 1.82) is 0 Å². The molecule has 0 spiro atoms. The molecule has 2 aromatic heterocycles. The lowest BCUT2D eigenvalue weighted by Crippen LogP contribution is -1.96. The molecule has 0 radical (unpaired) electrons. The Balaban J connectivity index is 0.862. The van der Waals surface area contributed by atoms with Crippen LogP contribution in [0, 0.1) is 0 Å². The lowest BCUT2D eigenvalue weighted by atomic mass is 9.84. The van der Waals surface area contributed by atoms with Crippen molar-refractivity contribution < 1.29 is 4.42 Å². The van der Waals surface area contributed by atoms with Crippen LogP contribution in [0.15, 0.2) is 247 Å². The molecule has 0 amide bonds. The minimum atomic E-state index is 0.688. The number of nitrogens with zero attached hydrogens (tertiary/aromatic N) is 2. The van der Waals surface area contributed by atoms with Crippen LogP contribution >= 0.6 is 0 Å². The van der Waals surface area contributed by atoms with Gasteiger partial charge in [0.25, 0.3) is 0 Å². The third kappa shape index (κ3) is 6.67. The zero-order valence-corrected chi connectivity index (χ0v) is 36.4. The van der Waals surface area contributed by atoms with Gasteiger partial charge < -0.3 is 4.42 Å². The van der Waals surface area contributed by atoms with Crippen LogP contribution in [0.5, 0.6) is 0 Å². The molecule has 0 atom stereocenters. The van der Waals surface area contributed by atoms with Crippen molar-refractivity contribution in [2.45, 2.75) is 0 Å². The highest BCUT2D eigenvalue weighted by Crippen LogP contribution is 2.46. The lowest BCUT2D eigenvalue weighted by Gasteiger charge is -2.19. The summed E-state index contributed by atoms with van der Waals surface area (Å²) in [5, 5.41) is 9.78. The van der Waals surface area contributed by atoms with Crippen LogP contribution in [0.2, 0.25) is 0 Å². The molecule has 0 fully saturated rings. The van der Waals surface area contributed by atoms with E-state index in [2.05, 4.69) is 212 Å². The quantitative estimate of drug-likeness (QED) is 0.118. The predicted octanol–water partition coefficient (Wildman–Crippen LogP) is 17.5. The summed E-state index contributed by atoms with van der Waals surface area (Å²) in [6, 6.07) is 86.4. The first-order chi connectivity index (χ1) is 33.2. The molecule has 0 bridgehead atoms. The number of aromatic nitrogens is 2. The molecular formula is C64H40N2O. The molecule has 3 nitrogen and oxygen atoms in total. The van der Waals surface area contributed by atoms with Gasteiger partial charge in [-0.2, -0.15) is 0 Å². The zero-order valence-electron chi connectivity index (χ0n) is 36.4. The SMILES string of the molecule is c1ccc(-c2nc(-c3ccc(-c4ccc(-c5c6ccccc6c(-c6ccccc6)c6ccc7ccccc7c56)cc4)cc3)cc(-c3ccc(-c4cccc5c4oc4ccccc45)cc3)n2)cc1. The fourth-order valence-electron chi connectivity index (χ4n) is 10.1. The summed E-state index contributed by atoms with van der Waals surface area (Å²) in [6.45, 7) is 0. The van der Waals surface area contributed by atoms with E-state index in [0.717, 1.165) is 72.3 Å². The largest absolute Gasteiger partial charge is 0.455 e. The summed E-state index contributed by atoms with van der Waals surface area (Å²) in [4.78, 5) is 10.3. The molecule has 13 aromatic rings. The van der Waals surface area contributed by atoms with Crippen LogP contribution in [-0.2, 0) is 0 Å². The molecule has 2 heterocycles. The summed E-state index contributed by atoms with van der Waals surface area (Å²) in [5.41, 5.74) is 15.9. The fourth-order valence-corrected chi connectivity index (χ4v) is 10.1. The van der Waals surface area contributed by atoms with Crippen molar-refractivity contribution >= 4 is 54.3 Å². The highest BCUT2D eigenvalue weighted by atomic mass is 16.3. The number of benzene rings is 11. The first kappa shape index (κ1) is 38.5. The van der Waals surface area contributed by atoms with Gasteiger partial charge in [0, 0.05) is 33.0 Å². The molecule has 11 aromatic carbocycles. The maximum absolute atomic E-state index is 6.38. The maximum atomic E-state index is 6.38. The Morgan fingerprint density at radius 3 is 1.45 bits per heavy atom. The van der Waals surface area contributed by atoms with E-state index in [9.17, 15) is 0 Å². The third-order valence-electron chi connectivity index (χ3n) is 13.3. The Hall–Kier alpha value is -8.92. The molecule has 312 valence electrons. The van der Waals surface area contributed by atoms with Gasteiger partial charge in [-0.1, -0.05) is 231 Å². The van der Waals surface area contributed by atoms with Crippen molar-refractivity contribution in [2.75, 3.05) is 0 Å². The Kier molecular flexibility index (Phi) is 9.17. The second-order valence-electron chi connectivity index (χ2n) is 17.2. The van der Waals surface area contributed by atoms with E-state index in [4.69, 9.17) is 14.4 Å². The maximum Gasteiger partial charge on any atom is 0.160 e. The number of hydrogen-bond acceptors (Lipinski definition) is 3. The minimum absolute atomic E-state index is 0.688. The van der Waals surface area contributed by atoms with Crippen LogP contribution in [0.4, 0.5) is 0 Å². The Labute approximate surface area is 387 Å². The number of hydrogen-bond donors (Lipinski definition) is 0.